The van der Waals surface area contributed by atoms with Crippen molar-refractivity contribution in [2.45, 2.75) is 33.6 Å². The molecule has 0 fully saturated rings. The van der Waals surface area contributed by atoms with E-state index in [0.29, 0.717) is 17.1 Å². The van der Waals surface area contributed by atoms with Crippen LogP contribution in [0.25, 0.3) is 15.6 Å². The predicted octanol–water partition coefficient (Wildman–Crippen LogP) is 4.09. The van der Waals surface area contributed by atoms with Gasteiger partial charge in [-0.05, 0) is 31.6 Å². The van der Waals surface area contributed by atoms with Crippen LogP contribution in [0.3, 0.4) is 0 Å². The molecule has 0 bridgehead atoms. The zero-order valence-electron chi connectivity index (χ0n) is 14.4. The maximum Gasteiger partial charge on any atom is 0.271 e. The third-order valence-electron chi connectivity index (χ3n) is 4.05. The first-order valence-corrected chi connectivity index (χ1v) is 9.60. The molecule has 1 aliphatic heterocycles. The van der Waals surface area contributed by atoms with E-state index in [1.165, 1.54) is 11.3 Å². The van der Waals surface area contributed by atoms with Crippen molar-refractivity contribution < 1.29 is 9.59 Å². The van der Waals surface area contributed by atoms with E-state index in [2.05, 4.69) is 18.8 Å². The molecule has 25 heavy (non-hydrogen) atoms. The third kappa shape index (κ3) is 2.92. The number of carbonyl (C=O) groups is 2. The Morgan fingerprint density at radius 2 is 2.04 bits per heavy atom. The summed E-state index contributed by atoms with van der Waals surface area (Å²) in [5.74, 6) is -0.476. The van der Waals surface area contributed by atoms with Crippen LogP contribution < -0.4 is 0 Å². The molecule has 0 saturated carbocycles. The number of fused-ring (bicyclic) bond motifs is 1. The van der Waals surface area contributed by atoms with E-state index < -0.39 is 5.91 Å². The van der Waals surface area contributed by atoms with Crippen molar-refractivity contribution in [3.63, 3.8) is 0 Å². The second-order valence-corrected chi connectivity index (χ2v) is 8.17. The molecule has 2 amide bonds. The van der Waals surface area contributed by atoms with Crippen molar-refractivity contribution in [2.75, 3.05) is 6.54 Å². The van der Waals surface area contributed by atoms with Crippen LogP contribution in [0.5, 0.6) is 0 Å². The third-order valence-corrected chi connectivity index (χ3v) is 6.46. The predicted molar refractivity (Wildman–Crippen MR) is 100 cm³/mol. The molecular weight excluding hydrogens is 354 g/mol. The van der Waals surface area contributed by atoms with Crippen LogP contribution in [-0.4, -0.2) is 28.2 Å². The monoisotopic (exact) mass is 371 g/mol. The van der Waals surface area contributed by atoms with Gasteiger partial charge in [-0.3, -0.25) is 14.5 Å². The van der Waals surface area contributed by atoms with Gasteiger partial charge >= 0.3 is 0 Å². The van der Waals surface area contributed by atoms with Gasteiger partial charge in [-0.1, -0.05) is 13.8 Å². The van der Waals surface area contributed by atoms with Crippen molar-refractivity contribution >= 4 is 50.1 Å². The summed E-state index contributed by atoms with van der Waals surface area (Å²) in [6.07, 6.45) is 1.76. The molecule has 3 heterocycles. The molecule has 5 nitrogen and oxygen atoms in total. The lowest BCUT2D eigenvalue weighted by atomic mass is 9.95. The van der Waals surface area contributed by atoms with Gasteiger partial charge in [-0.15, -0.1) is 22.7 Å². The lowest BCUT2D eigenvalue weighted by Gasteiger charge is -2.26. The molecule has 2 aromatic heterocycles. The van der Waals surface area contributed by atoms with Crippen molar-refractivity contribution in [1.82, 2.24) is 9.88 Å². The van der Waals surface area contributed by atoms with Gasteiger partial charge in [0, 0.05) is 22.9 Å². The fourth-order valence-electron chi connectivity index (χ4n) is 2.65. The highest BCUT2D eigenvalue weighted by Gasteiger charge is 2.34. The normalized spacial score (nSPS) is 17.3. The Morgan fingerprint density at radius 1 is 1.32 bits per heavy atom. The maximum atomic E-state index is 12.6. The number of hydrogen-bond acceptors (Lipinski definition) is 6. The number of hydrogen-bond donors (Lipinski definition) is 0. The summed E-state index contributed by atoms with van der Waals surface area (Å²) < 4.78 is 1.09. The molecule has 0 aliphatic carbocycles. The highest BCUT2D eigenvalue weighted by Crippen LogP contribution is 2.35. The zero-order valence-corrected chi connectivity index (χ0v) is 16.0. The van der Waals surface area contributed by atoms with E-state index in [4.69, 9.17) is 0 Å². The van der Waals surface area contributed by atoms with E-state index in [0.717, 1.165) is 24.3 Å². The van der Waals surface area contributed by atoms with Crippen molar-refractivity contribution in [2.24, 2.45) is 0 Å². The van der Waals surface area contributed by atoms with E-state index in [-0.39, 0.29) is 18.0 Å². The number of amides is 2. The van der Waals surface area contributed by atoms with Gasteiger partial charge in [-0.2, -0.15) is 5.26 Å². The first-order chi connectivity index (χ1) is 11.9. The largest absolute Gasteiger partial charge is 0.274 e. The lowest BCUT2D eigenvalue weighted by Crippen LogP contribution is -2.42. The summed E-state index contributed by atoms with van der Waals surface area (Å²) in [7, 11) is 0. The Balaban J connectivity index is 2.08. The fraction of sp³-hybridized carbons (Fsp3) is 0.333. The molecular formula is C18H17N3O2S2. The first-order valence-electron chi connectivity index (χ1n) is 7.96. The van der Waals surface area contributed by atoms with E-state index in [9.17, 15) is 14.9 Å². The SMILES string of the molecule is CCN1C(=O)C(C#N)=C(C)/C(=C/c2cc3sc(C(C)C)nc3s2)C1=O. The number of thiazole rings is 1. The fourth-order valence-corrected chi connectivity index (χ4v) is 4.83. The van der Waals surface area contributed by atoms with Crippen LogP contribution in [0, 0.1) is 11.3 Å². The average Bonchev–Trinajstić information content (AvgIpc) is 3.11. The van der Waals surface area contributed by atoms with Crippen molar-refractivity contribution in [3.05, 3.63) is 32.7 Å². The highest BCUT2D eigenvalue weighted by molar-refractivity contribution is 7.27. The second-order valence-electron chi connectivity index (χ2n) is 6.05. The summed E-state index contributed by atoms with van der Waals surface area (Å²) in [5, 5.41) is 10.4. The van der Waals surface area contributed by atoms with Gasteiger partial charge in [0.2, 0.25) is 0 Å². The van der Waals surface area contributed by atoms with Gasteiger partial charge in [0.05, 0.1) is 9.71 Å². The molecule has 2 aromatic rings. The molecule has 0 atom stereocenters. The summed E-state index contributed by atoms with van der Waals surface area (Å²) in [4.78, 5) is 32.4. The van der Waals surface area contributed by atoms with Crippen molar-refractivity contribution in [1.29, 1.82) is 5.26 Å². The number of nitriles is 1. The molecule has 0 spiro atoms. The Morgan fingerprint density at radius 3 is 2.60 bits per heavy atom. The molecule has 0 N–H and O–H groups in total. The molecule has 0 saturated heterocycles. The standard InChI is InChI=1S/C18H17N3O2S2/c1-5-21-17(22)12(10(4)13(8-19)18(21)23)6-11-7-14-16(24-11)20-15(25-14)9(2)3/h6-7,9H,5H2,1-4H3/b12-6-. The minimum absolute atomic E-state index is 0.0336. The van der Waals surface area contributed by atoms with Gasteiger partial charge in [0.15, 0.2) is 0 Å². The van der Waals surface area contributed by atoms with E-state index in [1.54, 1.807) is 31.3 Å². The van der Waals surface area contributed by atoms with E-state index >= 15 is 0 Å². The van der Waals surface area contributed by atoms with E-state index in [1.807, 2.05) is 12.1 Å². The van der Waals surface area contributed by atoms with Crippen LogP contribution >= 0.6 is 22.7 Å². The minimum Gasteiger partial charge on any atom is -0.274 e. The van der Waals surface area contributed by atoms with Crippen LogP contribution in [0.1, 0.15) is 43.5 Å². The molecule has 1 aliphatic rings. The van der Waals surface area contributed by atoms with Crippen LogP contribution in [0.4, 0.5) is 0 Å². The number of nitrogens with zero attached hydrogens (tertiary/aromatic N) is 3. The summed E-state index contributed by atoms with van der Waals surface area (Å²) in [6, 6.07) is 3.94. The number of thiophene rings is 1. The van der Waals surface area contributed by atoms with Gasteiger partial charge < -0.3 is 0 Å². The second kappa shape index (κ2) is 6.54. The summed E-state index contributed by atoms with van der Waals surface area (Å²) in [5.41, 5.74) is 0.872. The van der Waals surface area contributed by atoms with Gasteiger partial charge in [-0.25, -0.2) is 4.98 Å². The van der Waals surface area contributed by atoms with Crippen molar-refractivity contribution in [3.8, 4) is 6.07 Å². The highest BCUT2D eigenvalue weighted by atomic mass is 32.1. The number of carbonyl (C=O) groups excluding carboxylic acids is 2. The molecule has 3 rings (SSSR count). The lowest BCUT2D eigenvalue weighted by molar-refractivity contribution is -0.140. The number of rotatable bonds is 3. The molecule has 7 heteroatoms. The molecule has 0 radical (unpaired) electrons. The molecule has 0 unspecified atom stereocenters. The number of imide groups is 1. The van der Waals surface area contributed by atoms with Crippen LogP contribution in [0.2, 0.25) is 0 Å². The topological polar surface area (TPSA) is 74.1 Å². The smallest absolute Gasteiger partial charge is 0.271 e. The molecule has 128 valence electrons. The summed E-state index contributed by atoms with van der Waals surface area (Å²) >= 11 is 3.17. The minimum atomic E-state index is -0.514. The van der Waals surface area contributed by atoms with Crippen LogP contribution in [-0.2, 0) is 9.59 Å². The van der Waals surface area contributed by atoms with Gasteiger partial charge in [0.25, 0.3) is 11.8 Å². The number of likely N-dealkylation sites (N-methyl/N-ethyl adjacent to an activating group) is 1. The molecule has 0 aromatic carbocycles. The first kappa shape index (κ1) is 17.5. The average molecular weight is 371 g/mol. The summed E-state index contributed by atoms with van der Waals surface area (Å²) in [6.45, 7) is 7.84. The quantitative estimate of drug-likeness (QED) is 0.601. The van der Waals surface area contributed by atoms with Gasteiger partial charge in [0.1, 0.15) is 16.5 Å². The Kier molecular flexibility index (Phi) is 4.58. The zero-order chi connectivity index (χ0) is 18.3. The Bertz CT molecular complexity index is 954. The Labute approximate surface area is 153 Å². The Hall–Kier alpha value is -2.30. The number of aromatic nitrogens is 1. The van der Waals surface area contributed by atoms with Crippen LogP contribution in [0.15, 0.2) is 22.8 Å². The maximum absolute atomic E-state index is 12.6.